The SMILES string of the molecule is O=P([O-])([O-])[O-].P.[Ca+2].[Mg+2]. The van der Waals surface area contributed by atoms with Gasteiger partial charge in [0.15, 0.2) is 0 Å². The second-order valence-electron chi connectivity index (χ2n) is 0.447. The molecule has 0 amide bonds. The van der Waals surface area contributed by atoms with Crippen LogP contribution in [0.4, 0.5) is 0 Å². The minimum absolute atomic E-state index is 0. The molecule has 8 heavy (non-hydrogen) atoms. The fraction of sp³-hybridized carbons (Fsp3) is 0. The summed E-state index contributed by atoms with van der Waals surface area (Å²) >= 11 is 0. The van der Waals surface area contributed by atoms with Gasteiger partial charge >= 0.3 is 60.8 Å². The average molecular weight is 193 g/mol. The zero-order valence-corrected chi connectivity index (χ0v) is 10.1. The van der Waals surface area contributed by atoms with Crippen LogP contribution in [0.5, 0.6) is 0 Å². The summed E-state index contributed by atoms with van der Waals surface area (Å²) in [6.45, 7) is 0. The van der Waals surface area contributed by atoms with E-state index in [1.54, 1.807) is 0 Å². The molecular weight excluding hydrogens is 190 g/mol. The molecule has 0 radical (unpaired) electrons. The predicted molar refractivity (Wildman–Crippen MR) is 30.2 cm³/mol. The van der Waals surface area contributed by atoms with E-state index in [4.69, 9.17) is 19.2 Å². The van der Waals surface area contributed by atoms with Gasteiger partial charge in [-0.1, -0.05) is 0 Å². The standard InChI is InChI=1S/Ca.Mg.H3O4P.H3P/c;;1-5(2,3)4;/h;;(H3,1,2,3,4);1H3/q2*+2;;/p-3. The van der Waals surface area contributed by atoms with Crippen molar-refractivity contribution in [1.29, 1.82) is 0 Å². The molecule has 8 heteroatoms. The summed E-state index contributed by atoms with van der Waals surface area (Å²) < 4.78 is 8.55. The van der Waals surface area contributed by atoms with Crippen LogP contribution in [0.25, 0.3) is 0 Å². The van der Waals surface area contributed by atoms with Gasteiger partial charge in [0.1, 0.15) is 0 Å². The fourth-order valence-electron chi connectivity index (χ4n) is 0. The zero-order valence-electron chi connectivity index (χ0n) is 4.20. The molecule has 0 aliphatic rings. The van der Waals surface area contributed by atoms with Crippen molar-refractivity contribution in [2.45, 2.75) is 0 Å². The molecule has 0 rings (SSSR count). The number of hydrogen-bond acceptors (Lipinski definition) is 4. The van der Waals surface area contributed by atoms with Gasteiger partial charge in [-0.2, -0.15) is 17.7 Å². The van der Waals surface area contributed by atoms with Crippen molar-refractivity contribution in [2.75, 3.05) is 0 Å². The molecule has 1 unspecified atom stereocenters. The van der Waals surface area contributed by atoms with Crippen LogP contribution in [-0.4, -0.2) is 60.8 Å². The molecule has 0 heterocycles. The van der Waals surface area contributed by atoms with Crippen molar-refractivity contribution in [3.8, 4) is 0 Å². The van der Waals surface area contributed by atoms with Gasteiger partial charge in [-0.25, -0.2) is 0 Å². The Labute approximate surface area is 96.4 Å². The average Bonchev–Trinajstić information content (AvgIpc) is 0.722. The van der Waals surface area contributed by atoms with Crippen LogP contribution in [0.2, 0.25) is 0 Å². The molecule has 0 aromatic heterocycles. The van der Waals surface area contributed by atoms with E-state index in [0.29, 0.717) is 0 Å². The normalized spacial score (nSPS) is 7.38. The topological polar surface area (TPSA) is 86.2 Å². The minimum Gasteiger partial charge on any atom is -0.822 e. The molecule has 1 atom stereocenters. The Morgan fingerprint density at radius 3 is 1.12 bits per heavy atom. The van der Waals surface area contributed by atoms with Gasteiger partial charge in [-0.05, 0) is 0 Å². The predicted octanol–water partition coefficient (Wildman–Crippen LogP) is -3.53. The molecule has 0 bridgehead atoms. The molecule has 0 aliphatic carbocycles. The molecule has 40 valence electrons. The Morgan fingerprint density at radius 2 is 1.12 bits per heavy atom. The third-order valence-corrected chi connectivity index (χ3v) is 0. The van der Waals surface area contributed by atoms with Gasteiger partial charge in [-0.15, -0.1) is 0 Å². The van der Waals surface area contributed by atoms with E-state index in [9.17, 15) is 0 Å². The molecule has 4 nitrogen and oxygen atoms in total. The molecule has 0 saturated heterocycles. The summed E-state index contributed by atoms with van der Waals surface area (Å²) in [5, 5.41) is 0. The van der Waals surface area contributed by atoms with Gasteiger partial charge in [0.2, 0.25) is 0 Å². The monoisotopic (exact) mass is 193 g/mol. The fourth-order valence-corrected chi connectivity index (χ4v) is 0. The first-order valence-corrected chi connectivity index (χ1v) is 2.19. The summed E-state index contributed by atoms with van der Waals surface area (Å²) in [4.78, 5) is 25.6. The van der Waals surface area contributed by atoms with E-state index in [0.717, 1.165) is 0 Å². The van der Waals surface area contributed by atoms with Crippen molar-refractivity contribution in [3.63, 3.8) is 0 Å². The summed E-state index contributed by atoms with van der Waals surface area (Å²) in [5.41, 5.74) is 0. The maximum Gasteiger partial charge on any atom is 2.00 e. The Bertz CT molecular complexity index is 60.2. The van der Waals surface area contributed by atoms with Gasteiger partial charge in [0, 0.05) is 0 Å². The van der Waals surface area contributed by atoms with Crippen LogP contribution < -0.4 is 14.7 Å². The molecule has 0 N–H and O–H groups in total. The van der Waals surface area contributed by atoms with Crippen LogP contribution in [0.3, 0.4) is 0 Å². The maximum absolute atomic E-state index is 8.55. The number of hydrogen-bond donors (Lipinski definition) is 0. The first-order chi connectivity index (χ1) is 2.00. The van der Waals surface area contributed by atoms with Crippen LogP contribution >= 0.6 is 17.7 Å². The van der Waals surface area contributed by atoms with Crippen LogP contribution in [0.1, 0.15) is 0 Å². The second-order valence-corrected chi connectivity index (χ2v) is 1.34. The van der Waals surface area contributed by atoms with Gasteiger partial charge in [0.25, 0.3) is 0 Å². The maximum atomic E-state index is 8.55. The molecule has 0 saturated carbocycles. The Morgan fingerprint density at radius 1 is 1.12 bits per heavy atom. The van der Waals surface area contributed by atoms with E-state index in [1.165, 1.54) is 0 Å². The largest absolute Gasteiger partial charge is 2.00 e. The zero-order chi connectivity index (χ0) is 4.50. The van der Waals surface area contributed by atoms with Gasteiger partial charge in [-0.3, -0.25) is 0 Å². The van der Waals surface area contributed by atoms with Crippen molar-refractivity contribution in [1.82, 2.24) is 0 Å². The first kappa shape index (κ1) is 22.4. The number of phosphoric acid groups is 1. The number of rotatable bonds is 0. The van der Waals surface area contributed by atoms with E-state index >= 15 is 0 Å². The second kappa shape index (κ2) is 9.57. The van der Waals surface area contributed by atoms with Crippen molar-refractivity contribution >= 4 is 78.5 Å². The smallest absolute Gasteiger partial charge is 0.822 e. The van der Waals surface area contributed by atoms with Crippen molar-refractivity contribution in [2.24, 2.45) is 0 Å². The first-order valence-electron chi connectivity index (χ1n) is 0.730. The summed E-state index contributed by atoms with van der Waals surface area (Å²) in [5.74, 6) is 0. The minimum atomic E-state index is -5.39. The van der Waals surface area contributed by atoms with E-state index in [2.05, 4.69) is 0 Å². The molecule has 0 aliphatic heterocycles. The quantitative estimate of drug-likeness (QED) is 0.295. The Balaban J connectivity index is -0.0000000267. The third kappa shape index (κ3) is 74.5. The van der Waals surface area contributed by atoms with Gasteiger partial charge in [0.05, 0.1) is 0 Å². The summed E-state index contributed by atoms with van der Waals surface area (Å²) in [7, 11) is -5.39. The molecule has 0 spiro atoms. The Hall–Kier alpha value is 2.57. The van der Waals surface area contributed by atoms with Crippen molar-refractivity contribution < 1.29 is 19.2 Å². The third-order valence-electron chi connectivity index (χ3n) is 0. The Kier molecular flexibility index (Phi) is 26.8. The van der Waals surface area contributed by atoms with E-state index in [1.807, 2.05) is 0 Å². The molecule has 0 fully saturated rings. The molecule has 0 aromatic rings. The van der Waals surface area contributed by atoms with E-state index < -0.39 is 7.82 Å². The van der Waals surface area contributed by atoms with E-state index in [-0.39, 0.29) is 70.7 Å². The van der Waals surface area contributed by atoms with Crippen LogP contribution in [-0.2, 0) is 4.57 Å². The van der Waals surface area contributed by atoms with Crippen LogP contribution in [0.15, 0.2) is 0 Å². The summed E-state index contributed by atoms with van der Waals surface area (Å²) in [6, 6.07) is 0. The summed E-state index contributed by atoms with van der Waals surface area (Å²) in [6.07, 6.45) is 0. The van der Waals surface area contributed by atoms with Crippen molar-refractivity contribution in [3.05, 3.63) is 0 Å². The van der Waals surface area contributed by atoms with Crippen LogP contribution in [0, 0.1) is 0 Å². The molecular formula is H3CaMgO4P2+. The van der Waals surface area contributed by atoms with Gasteiger partial charge < -0.3 is 19.2 Å². The molecule has 0 aromatic carbocycles.